The summed E-state index contributed by atoms with van der Waals surface area (Å²) in [5.74, 6) is -0.700. The molecule has 0 radical (unpaired) electrons. The van der Waals surface area contributed by atoms with Gasteiger partial charge in [-0.15, -0.1) is 0 Å². The molecule has 2 aromatic rings. The first-order valence-electron chi connectivity index (χ1n) is 7.79. The van der Waals surface area contributed by atoms with E-state index in [2.05, 4.69) is 10.4 Å². The summed E-state index contributed by atoms with van der Waals surface area (Å²) in [7, 11) is -2.13. The number of carbonyl (C=O) groups excluding carboxylic acids is 1. The molecular weight excluding hydrogens is 346 g/mol. The van der Waals surface area contributed by atoms with Gasteiger partial charge in [-0.2, -0.15) is 0 Å². The number of ketones is 1. The molecule has 0 spiro atoms. The van der Waals surface area contributed by atoms with Crippen LogP contribution in [0.2, 0.25) is 0 Å². The van der Waals surface area contributed by atoms with Crippen molar-refractivity contribution >= 4 is 21.3 Å². The summed E-state index contributed by atoms with van der Waals surface area (Å²) in [6.07, 6.45) is 4.37. The minimum atomic E-state index is -3.60. The van der Waals surface area contributed by atoms with Gasteiger partial charge in [-0.05, 0) is 30.9 Å². The van der Waals surface area contributed by atoms with E-state index in [-0.39, 0.29) is 21.7 Å². The summed E-state index contributed by atoms with van der Waals surface area (Å²) < 4.78 is 25.1. The Morgan fingerprint density at radius 3 is 2.56 bits per heavy atom. The highest BCUT2D eigenvalue weighted by Crippen LogP contribution is 2.37. The van der Waals surface area contributed by atoms with Crippen LogP contribution in [0.25, 0.3) is 0 Å². The molecule has 0 aliphatic heterocycles. The molecule has 0 unspecified atom stereocenters. The number of aryl methyl sites for hydroxylation is 1. The maximum Gasteiger partial charge on any atom is 0.277 e. The fourth-order valence-electron chi connectivity index (χ4n) is 2.57. The van der Waals surface area contributed by atoms with E-state index >= 15 is 0 Å². The Balaban J connectivity index is 2.08. The summed E-state index contributed by atoms with van der Waals surface area (Å²) in [6, 6.07) is 2.50. The van der Waals surface area contributed by atoms with Crippen molar-refractivity contribution in [3.8, 4) is 5.75 Å². The molecule has 25 heavy (non-hydrogen) atoms. The summed E-state index contributed by atoms with van der Waals surface area (Å²) in [6.45, 7) is 0.514. The minimum absolute atomic E-state index is 0.00705. The molecule has 0 atom stereocenters. The van der Waals surface area contributed by atoms with Gasteiger partial charge in [0.15, 0.2) is 15.6 Å². The molecule has 134 valence electrons. The van der Waals surface area contributed by atoms with E-state index in [9.17, 15) is 23.1 Å². The van der Waals surface area contributed by atoms with Gasteiger partial charge in [-0.3, -0.25) is 14.3 Å². The molecule has 1 aliphatic carbocycles. The Morgan fingerprint density at radius 2 is 2.04 bits per heavy atom. The van der Waals surface area contributed by atoms with Crippen LogP contribution in [0.15, 0.2) is 28.0 Å². The van der Waals surface area contributed by atoms with E-state index in [4.69, 9.17) is 0 Å². The smallest absolute Gasteiger partial charge is 0.277 e. The van der Waals surface area contributed by atoms with Crippen LogP contribution >= 0.6 is 0 Å². The number of phenolic OH excluding ortho intramolecular Hbond substituents is 1. The number of sulfone groups is 1. The van der Waals surface area contributed by atoms with Crippen LogP contribution in [0.1, 0.15) is 28.8 Å². The highest BCUT2D eigenvalue weighted by atomic mass is 32.2. The number of H-pyrrole nitrogens is 1. The quantitative estimate of drug-likeness (QED) is 0.516. The van der Waals surface area contributed by atoms with Gasteiger partial charge in [-0.1, -0.05) is 0 Å². The van der Waals surface area contributed by atoms with Gasteiger partial charge in [0.1, 0.15) is 5.56 Å². The Morgan fingerprint density at radius 1 is 1.36 bits per heavy atom. The Hall–Kier alpha value is -2.55. The molecule has 1 aromatic carbocycles. The molecule has 0 bridgehead atoms. The number of carbonyl (C=O) groups is 1. The fraction of sp³-hybridized carbons (Fsp3) is 0.375. The van der Waals surface area contributed by atoms with Crippen molar-refractivity contribution in [1.82, 2.24) is 9.78 Å². The van der Waals surface area contributed by atoms with Gasteiger partial charge in [0.2, 0.25) is 5.78 Å². The average molecular weight is 365 g/mol. The number of anilines is 1. The number of aromatic nitrogens is 2. The zero-order valence-electron chi connectivity index (χ0n) is 13.9. The summed E-state index contributed by atoms with van der Waals surface area (Å²) >= 11 is 0. The number of rotatable bonds is 6. The molecule has 0 saturated heterocycles. The van der Waals surface area contributed by atoms with E-state index < -0.39 is 26.9 Å². The van der Waals surface area contributed by atoms with E-state index in [0.29, 0.717) is 12.5 Å². The Kier molecular flexibility index (Phi) is 4.19. The maximum absolute atomic E-state index is 12.6. The molecule has 0 amide bonds. The van der Waals surface area contributed by atoms with Crippen molar-refractivity contribution < 1.29 is 18.3 Å². The van der Waals surface area contributed by atoms with E-state index in [0.717, 1.165) is 23.8 Å². The minimum Gasteiger partial charge on any atom is -0.505 e. The lowest BCUT2D eigenvalue weighted by atomic mass is 10.0. The SMILES string of the molecule is Cn1[nH]cc(C(=O)c2ccc(S(C)(=O)=O)c(NCC3CC3)c2O)c1=O. The number of nitrogens with zero attached hydrogens (tertiary/aromatic N) is 1. The first-order valence-corrected chi connectivity index (χ1v) is 9.68. The number of phenols is 1. The first kappa shape index (κ1) is 17.3. The summed E-state index contributed by atoms with van der Waals surface area (Å²) in [5.41, 5.74) is -0.767. The van der Waals surface area contributed by atoms with Gasteiger partial charge in [0.25, 0.3) is 5.56 Å². The van der Waals surface area contributed by atoms with Crippen molar-refractivity contribution in [3.05, 3.63) is 39.8 Å². The number of aromatic hydroxyl groups is 1. The lowest BCUT2D eigenvalue weighted by molar-refractivity contribution is 0.103. The van der Waals surface area contributed by atoms with Crippen molar-refractivity contribution in [2.75, 3.05) is 18.1 Å². The molecule has 9 heteroatoms. The lowest BCUT2D eigenvalue weighted by Crippen LogP contribution is -2.19. The summed E-state index contributed by atoms with van der Waals surface area (Å²) in [5, 5.41) is 16.1. The van der Waals surface area contributed by atoms with Gasteiger partial charge < -0.3 is 15.5 Å². The van der Waals surface area contributed by atoms with Crippen molar-refractivity contribution in [2.45, 2.75) is 17.7 Å². The number of aromatic amines is 1. The largest absolute Gasteiger partial charge is 0.505 e. The fourth-order valence-corrected chi connectivity index (χ4v) is 3.43. The highest BCUT2D eigenvalue weighted by molar-refractivity contribution is 7.90. The molecular formula is C16H19N3O5S. The number of benzene rings is 1. The number of hydrogen-bond donors (Lipinski definition) is 3. The monoisotopic (exact) mass is 365 g/mol. The molecule has 3 rings (SSSR count). The van der Waals surface area contributed by atoms with E-state index in [1.807, 2.05) is 0 Å². The van der Waals surface area contributed by atoms with Crippen LogP contribution in [-0.4, -0.2) is 41.9 Å². The van der Waals surface area contributed by atoms with E-state index in [1.165, 1.54) is 25.4 Å². The second-order valence-corrected chi connectivity index (χ2v) is 8.30. The predicted molar refractivity (Wildman–Crippen MR) is 91.9 cm³/mol. The molecule has 3 N–H and O–H groups in total. The zero-order valence-corrected chi connectivity index (χ0v) is 14.7. The van der Waals surface area contributed by atoms with Gasteiger partial charge in [0, 0.05) is 26.0 Å². The third-order valence-electron chi connectivity index (χ3n) is 4.23. The highest BCUT2D eigenvalue weighted by Gasteiger charge is 2.27. The second kappa shape index (κ2) is 6.07. The van der Waals surface area contributed by atoms with Crippen LogP contribution < -0.4 is 10.9 Å². The number of hydrogen-bond acceptors (Lipinski definition) is 6. The van der Waals surface area contributed by atoms with Crippen LogP contribution in [0.3, 0.4) is 0 Å². The van der Waals surface area contributed by atoms with Gasteiger partial charge in [0.05, 0.1) is 16.1 Å². The van der Waals surface area contributed by atoms with Gasteiger partial charge in [-0.25, -0.2) is 8.42 Å². The Bertz CT molecular complexity index is 999. The van der Waals surface area contributed by atoms with Crippen LogP contribution in [0.5, 0.6) is 5.75 Å². The molecule has 1 aliphatic rings. The van der Waals surface area contributed by atoms with Crippen molar-refractivity contribution in [1.29, 1.82) is 0 Å². The maximum atomic E-state index is 12.6. The third-order valence-corrected chi connectivity index (χ3v) is 5.37. The van der Waals surface area contributed by atoms with Crippen LogP contribution in [0, 0.1) is 5.92 Å². The zero-order chi connectivity index (χ0) is 18.4. The van der Waals surface area contributed by atoms with E-state index in [1.54, 1.807) is 0 Å². The molecule has 1 heterocycles. The first-order chi connectivity index (χ1) is 11.7. The Labute approximate surface area is 144 Å². The normalized spacial score (nSPS) is 14.5. The predicted octanol–water partition coefficient (Wildman–Crippen LogP) is 0.875. The standard InChI is InChI=1S/C16H19N3O5S/c1-19-16(22)11(8-18-19)14(20)10-5-6-12(25(2,23)24)13(15(10)21)17-7-9-3-4-9/h5-6,8-9,17-18,21H,3-4,7H2,1-2H3. The summed E-state index contributed by atoms with van der Waals surface area (Å²) in [4.78, 5) is 24.5. The molecule has 1 saturated carbocycles. The molecule has 1 aromatic heterocycles. The topological polar surface area (TPSA) is 121 Å². The molecule has 1 fully saturated rings. The van der Waals surface area contributed by atoms with Crippen molar-refractivity contribution in [2.24, 2.45) is 13.0 Å². The lowest BCUT2D eigenvalue weighted by Gasteiger charge is -2.15. The van der Waals surface area contributed by atoms with Crippen molar-refractivity contribution in [3.63, 3.8) is 0 Å². The third kappa shape index (κ3) is 3.32. The van der Waals surface area contributed by atoms with Crippen LogP contribution in [0.4, 0.5) is 5.69 Å². The van der Waals surface area contributed by atoms with Crippen LogP contribution in [-0.2, 0) is 16.9 Å². The average Bonchev–Trinajstić information content (AvgIpc) is 3.30. The molecule has 8 nitrogen and oxygen atoms in total. The number of nitrogens with one attached hydrogen (secondary N) is 2. The second-order valence-electron chi connectivity index (χ2n) is 6.31. The van der Waals surface area contributed by atoms with Gasteiger partial charge >= 0.3 is 0 Å².